The molecule has 1 aliphatic rings. The molecule has 0 bridgehead atoms. The molecule has 0 saturated carbocycles. The number of nitrogens with zero attached hydrogens (tertiary/aromatic N) is 2. The average molecular weight is 374 g/mol. The molecule has 0 saturated heterocycles. The molecule has 1 N–H and O–H groups in total. The number of halogens is 1. The Bertz CT molecular complexity index is 890. The number of rotatable bonds is 5. The zero-order valence-corrected chi connectivity index (χ0v) is 15.1. The number of hydrogen-bond acceptors (Lipinski definition) is 4. The van der Waals surface area contributed by atoms with Gasteiger partial charge in [0.05, 0.1) is 23.2 Å². The molecule has 3 heterocycles. The van der Waals surface area contributed by atoms with E-state index in [-0.39, 0.29) is 11.9 Å². The van der Waals surface area contributed by atoms with Gasteiger partial charge >= 0.3 is 0 Å². The van der Waals surface area contributed by atoms with Gasteiger partial charge in [0.15, 0.2) is 5.69 Å². The molecule has 7 heteroatoms. The van der Waals surface area contributed by atoms with Crippen LogP contribution >= 0.6 is 22.9 Å². The Morgan fingerprint density at radius 1 is 1.32 bits per heavy atom. The van der Waals surface area contributed by atoms with Crippen molar-refractivity contribution >= 4 is 28.8 Å². The number of H-pyrrole nitrogens is 1. The molecular weight excluding hydrogens is 358 g/mol. The fraction of sp³-hybridized carbons (Fsp3) is 0.222. The lowest BCUT2D eigenvalue weighted by Crippen LogP contribution is -2.32. The first-order valence-electron chi connectivity index (χ1n) is 7.88. The summed E-state index contributed by atoms with van der Waals surface area (Å²) in [5.41, 5.74) is 3.32. The van der Waals surface area contributed by atoms with Crippen LogP contribution in [0.2, 0.25) is 5.02 Å². The van der Waals surface area contributed by atoms with Gasteiger partial charge in [-0.15, -0.1) is 11.3 Å². The second-order valence-electron chi connectivity index (χ2n) is 5.78. The summed E-state index contributed by atoms with van der Waals surface area (Å²) in [6.45, 7) is 0.973. The number of carbonyl (C=O) groups excluding carboxylic acids is 1. The summed E-state index contributed by atoms with van der Waals surface area (Å²) in [5.74, 6) is -0.0777. The molecule has 2 aromatic heterocycles. The van der Waals surface area contributed by atoms with Gasteiger partial charge in [-0.1, -0.05) is 29.8 Å². The lowest BCUT2D eigenvalue weighted by Gasteiger charge is -2.26. The number of thiophene rings is 1. The summed E-state index contributed by atoms with van der Waals surface area (Å²) in [6.07, 6.45) is 0. The largest absolute Gasteiger partial charge is 0.383 e. The van der Waals surface area contributed by atoms with Crippen molar-refractivity contribution in [1.29, 1.82) is 0 Å². The van der Waals surface area contributed by atoms with Gasteiger partial charge in [-0.3, -0.25) is 9.89 Å². The van der Waals surface area contributed by atoms with Gasteiger partial charge in [0.1, 0.15) is 0 Å². The molecule has 4 rings (SSSR count). The number of amides is 1. The standard InChI is InChI=1S/C18H16ClN3O2S/c1-24-9-8-22-17(11-4-6-12(19)7-5-11)14-15(13-3-2-10-25-13)20-21-16(14)18(22)23/h2-7,10,17H,8-9H2,1H3,(H,20,21)/t17-/m1/s1. The molecule has 0 radical (unpaired) electrons. The highest BCUT2D eigenvalue weighted by Gasteiger charge is 2.42. The van der Waals surface area contributed by atoms with Gasteiger partial charge < -0.3 is 9.64 Å². The first kappa shape index (κ1) is 16.3. The first-order chi connectivity index (χ1) is 12.2. The lowest BCUT2D eigenvalue weighted by atomic mass is 9.98. The summed E-state index contributed by atoms with van der Waals surface area (Å²) in [5, 5.41) is 10.0. The van der Waals surface area contributed by atoms with E-state index in [0.717, 1.165) is 21.7 Å². The molecule has 1 aromatic carbocycles. The molecule has 0 fully saturated rings. The minimum atomic E-state index is -0.203. The van der Waals surface area contributed by atoms with Gasteiger partial charge in [0.2, 0.25) is 0 Å². The topological polar surface area (TPSA) is 58.2 Å². The summed E-state index contributed by atoms with van der Waals surface area (Å²) >= 11 is 7.66. The Labute approximate surface area is 154 Å². The highest BCUT2D eigenvalue weighted by Crippen LogP contribution is 2.43. The molecule has 0 spiro atoms. The second kappa shape index (κ2) is 6.63. The number of fused-ring (bicyclic) bond motifs is 1. The first-order valence-corrected chi connectivity index (χ1v) is 9.14. The van der Waals surface area contributed by atoms with E-state index in [1.54, 1.807) is 18.4 Å². The van der Waals surface area contributed by atoms with Gasteiger partial charge in [-0.05, 0) is 29.1 Å². The molecule has 1 aliphatic heterocycles. The molecule has 0 aliphatic carbocycles. The fourth-order valence-electron chi connectivity index (χ4n) is 3.21. The Kier molecular flexibility index (Phi) is 4.33. The number of aromatic nitrogens is 2. The van der Waals surface area contributed by atoms with Crippen LogP contribution in [-0.2, 0) is 4.74 Å². The van der Waals surface area contributed by atoms with E-state index < -0.39 is 0 Å². The van der Waals surface area contributed by atoms with Crippen molar-refractivity contribution in [2.45, 2.75) is 6.04 Å². The van der Waals surface area contributed by atoms with Crippen LogP contribution in [0.4, 0.5) is 0 Å². The molecule has 128 valence electrons. The fourth-order valence-corrected chi connectivity index (χ4v) is 4.07. The molecule has 0 unspecified atom stereocenters. The summed E-state index contributed by atoms with van der Waals surface area (Å²) in [7, 11) is 1.63. The van der Waals surface area contributed by atoms with Crippen LogP contribution in [0.15, 0.2) is 41.8 Å². The second-order valence-corrected chi connectivity index (χ2v) is 7.17. The van der Waals surface area contributed by atoms with Gasteiger partial charge in [-0.2, -0.15) is 5.10 Å². The lowest BCUT2D eigenvalue weighted by molar-refractivity contribution is 0.0677. The predicted octanol–water partition coefficient (Wildman–Crippen LogP) is 3.98. The van der Waals surface area contributed by atoms with Crippen molar-refractivity contribution in [2.75, 3.05) is 20.3 Å². The zero-order chi connectivity index (χ0) is 17.4. The van der Waals surface area contributed by atoms with Crippen LogP contribution in [-0.4, -0.2) is 41.3 Å². The number of carbonyl (C=O) groups is 1. The van der Waals surface area contributed by atoms with Crippen molar-refractivity contribution in [3.63, 3.8) is 0 Å². The third kappa shape index (κ3) is 2.76. The van der Waals surface area contributed by atoms with Crippen LogP contribution in [0.1, 0.15) is 27.7 Å². The number of benzene rings is 1. The third-order valence-electron chi connectivity index (χ3n) is 4.34. The highest BCUT2D eigenvalue weighted by molar-refractivity contribution is 7.13. The van der Waals surface area contributed by atoms with Gasteiger partial charge in [0, 0.05) is 24.2 Å². The van der Waals surface area contributed by atoms with E-state index in [1.165, 1.54) is 0 Å². The minimum absolute atomic E-state index is 0.0777. The van der Waals surface area contributed by atoms with Crippen molar-refractivity contribution < 1.29 is 9.53 Å². The van der Waals surface area contributed by atoms with Crippen LogP contribution in [0.3, 0.4) is 0 Å². The van der Waals surface area contributed by atoms with Crippen LogP contribution in [0, 0.1) is 0 Å². The van der Waals surface area contributed by atoms with Crippen molar-refractivity contribution in [3.8, 4) is 10.6 Å². The Morgan fingerprint density at radius 2 is 2.12 bits per heavy atom. The maximum atomic E-state index is 12.9. The van der Waals surface area contributed by atoms with Crippen LogP contribution < -0.4 is 0 Å². The smallest absolute Gasteiger partial charge is 0.275 e. The molecule has 3 aromatic rings. The number of hydrogen-bond donors (Lipinski definition) is 1. The average Bonchev–Trinajstić information content (AvgIpc) is 3.32. The van der Waals surface area contributed by atoms with E-state index in [4.69, 9.17) is 16.3 Å². The monoisotopic (exact) mass is 373 g/mol. The van der Waals surface area contributed by atoms with Crippen molar-refractivity contribution in [1.82, 2.24) is 15.1 Å². The van der Waals surface area contributed by atoms with Gasteiger partial charge in [-0.25, -0.2) is 0 Å². The summed E-state index contributed by atoms with van der Waals surface area (Å²) in [6, 6.07) is 11.4. The van der Waals surface area contributed by atoms with Gasteiger partial charge in [0.25, 0.3) is 5.91 Å². The Hall–Kier alpha value is -2.15. The SMILES string of the molecule is COCCN1C(=O)c2n[nH]c(-c3cccs3)c2[C@H]1c1ccc(Cl)cc1. The summed E-state index contributed by atoms with van der Waals surface area (Å²) in [4.78, 5) is 15.8. The normalized spacial score (nSPS) is 16.5. The van der Waals surface area contributed by atoms with E-state index in [2.05, 4.69) is 10.2 Å². The van der Waals surface area contributed by atoms with E-state index in [1.807, 2.05) is 46.7 Å². The molecule has 1 atom stereocenters. The number of aromatic amines is 1. The quantitative estimate of drug-likeness (QED) is 0.735. The Morgan fingerprint density at radius 3 is 2.80 bits per heavy atom. The number of methoxy groups -OCH3 is 1. The van der Waals surface area contributed by atoms with E-state index >= 15 is 0 Å². The maximum absolute atomic E-state index is 12.9. The predicted molar refractivity (Wildman–Crippen MR) is 98.1 cm³/mol. The zero-order valence-electron chi connectivity index (χ0n) is 13.5. The summed E-state index contributed by atoms with van der Waals surface area (Å²) < 4.78 is 5.19. The van der Waals surface area contributed by atoms with E-state index in [9.17, 15) is 4.79 Å². The van der Waals surface area contributed by atoms with Crippen LogP contribution in [0.5, 0.6) is 0 Å². The Balaban J connectivity index is 1.85. The van der Waals surface area contributed by atoms with Crippen LogP contribution in [0.25, 0.3) is 10.6 Å². The third-order valence-corrected chi connectivity index (χ3v) is 5.48. The minimum Gasteiger partial charge on any atom is -0.383 e. The van der Waals surface area contributed by atoms with Crippen molar-refractivity contribution in [2.24, 2.45) is 0 Å². The molecule has 5 nitrogen and oxygen atoms in total. The number of ether oxygens (including phenoxy) is 1. The van der Waals surface area contributed by atoms with Crippen molar-refractivity contribution in [3.05, 3.63) is 63.6 Å². The molecule has 25 heavy (non-hydrogen) atoms. The molecular formula is C18H16ClN3O2S. The number of nitrogens with one attached hydrogen (secondary N) is 1. The molecule has 1 amide bonds. The maximum Gasteiger partial charge on any atom is 0.275 e. The highest BCUT2D eigenvalue weighted by atomic mass is 35.5. The van der Waals surface area contributed by atoms with E-state index in [0.29, 0.717) is 23.9 Å².